The van der Waals surface area contributed by atoms with E-state index in [1.54, 1.807) is 22.3 Å². The molecular weight excluding hydrogens is 611 g/mol. The first-order chi connectivity index (χ1) is 18.0. The summed E-state index contributed by atoms with van der Waals surface area (Å²) in [5, 5.41) is 5.44. The van der Waals surface area contributed by atoms with Crippen LogP contribution in [0.25, 0.3) is 33.7 Å². The number of fused-ring (bicyclic) bond motifs is 4. The summed E-state index contributed by atoms with van der Waals surface area (Å²) in [6.45, 7) is 7.29. The summed E-state index contributed by atoms with van der Waals surface area (Å²) in [4.78, 5) is 0. The third-order valence-corrected chi connectivity index (χ3v) is 27.1. The minimum absolute atomic E-state index is 0. The van der Waals surface area contributed by atoms with Crippen LogP contribution in [-0.4, -0.2) is 6.88 Å². The molecule has 0 fully saturated rings. The molecule has 0 N–H and O–H groups in total. The molecule has 193 valence electrons. The standard InChI is InChI=1S/2C14H11.C7H7.2ClH.H2Si.Zr/c2*1-10-6-13-8-11-4-2-3-5-12(11)9-14(13)7-10;1-7-5-3-2-4-6-7;;;;/h2*2-9H,1H3;2-6H,1H2;2*1H;1H2;/q;;;;;;+2/p-2. The fraction of sp³-hybridized carbons (Fsp3) is 0.143. The van der Waals surface area contributed by atoms with Crippen LogP contribution in [0.5, 0.6) is 0 Å². The van der Waals surface area contributed by atoms with Gasteiger partial charge < -0.3 is 24.8 Å². The van der Waals surface area contributed by atoms with E-state index in [0.717, 1.165) is 0 Å². The first-order valence-electron chi connectivity index (χ1n) is 13.3. The van der Waals surface area contributed by atoms with E-state index in [9.17, 15) is 0 Å². The predicted molar refractivity (Wildman–Crippen MR) is 159 cm³/mol. The minimum atomic E-state index is -3.08. The van der Waals surface area contributed by atoms with Crippen molar-refractivity contribution in [1.29, 1.82) is 0 Å². The summed E-state index contributed by atoms with van der Waals surface area (Å²) >= 11 is -3.08. The second kappa shape index (κ2) is 11.0. The number of halogens is 2. The van der Waals surface area contributed by atoms with Crippen molar-refractivity contribution in [3.05, 3.63) is 142 Å². The van der Waals surface area contributed by atoms with E-state index in [2.05, 4.69) is 136 Å². The third kappa shape index (κ3) is 4.74. The maximum absolute atomic E-state index is 3.08. The monoisotopic (exact) mass is 639 g/mol. The minimum Gasteiger partial charge on any atom is -1.00 e. The maximum atomic E-state index is 2.53. The largest absolute Gasteiger partial charge is 1.00 e. The Kier molecular flexibility index (Phi) is 7.97. The Bertz CT molecular complexity index is 1710. The summed E-state index contributed by atoms with van der Waals surface area (Å²) in [6, 6.07) is 39.0. The maximum Gasteiger partial charge on any atom is -1.00 e. The molecule has 0 aliphatic heterocycles. The number of hydrogen-bond acceptors (Lipinski definition) is 0. The SMILES string of the molecule is CC1=Cc2cc3ccccc3cc2[CH]1[Zr+2](=[SiH2])([CH2]c1ccccc1)[CH]1C(C)=Cc2cc3ccccc3cc21.[Cl-].[Cl-]. The molecule has 0 bridgehead atoms. The van der Waals surface area contributed by atoms with Crippen LogP contribution in [0.4, 0.5) is 0 Å². The molecule has 2 unspecified atom stereocenters. The molecule has 39 heavy (non-hydrogen) atoms. The molecule has 0 aromatic heterocycles. The van der Waals surface area contributed by atoms with Gasteiger partial charge in [-0.25, -0.2) is 0 Å². The van der Waals surface area contributed by atoms with Gasteiger partial charge in [0.2, 0.25) is 0 Å². The van der Waals surface area contributed by atoms with Gasteiger partial charge in [0, 0.05) is 0 Å². The molecule has 0 heterocycles. The molecular formula is C35H31Cl2SiZr. The zero-order valence-electron chi connectivity index (χ0n) is 22.3. The van der Waals surface area contributed by atoms with Crippen molar-refractivity contribution >= 4 is 40.6 Å². The summed E-state index contributed by atoms with van der Waals surface area (Å²) in [5.41, 5.74) is 10.7. The molecule has 5 aromatic carbocycles. The molecule has 2 aliphatic carbocycles. The third-order valence-electron chi connectivity index (χ3n) is 8.73. The van der Waals surface area contributed by atoms with Crippen molar-refractivity contribution in [2.45, 2.75) is 25.2 Å². The van der Waals surface area contributed by atoms with Gasteiger partial charge in [-0.2, -0.15) is 0 Å². The quantitative estimate of drug-likeness (QED) is 0.265. The van der Waals surface area contributed by atoms with Crippen LogP contribution < -0.4 is 24.8 Å². The first kappa shape index (κ1) is 28.3. The van der Waals surface area contributed by atoms with Crippen LogP contribution in [0.15, 0.2) is 114 Å². The van der Waals surface area contributed by atoms with Gasteiger partial charge in [0.15, 0.2) is 0 Å². The van der Waals surface area contributed by atoms with Gasteiger partial charge in [0.1, 0.15) is 0 Å². The molecule has 0 saturated carbocycles. The fourth-order valence-corrected chi connectivity index (χ4v) is 28.9. The van der Waals surface area contributed by atoms with E-state index in [1.165, 1.54) is 42.4 Å². The van der Waals surface area contributed by atoms with Gasteiger partial charge in [-0.1, -0.05) is 0 Å². The van der Waals surface area contributed by atoms with Crippen molar-refractivity contribution in [2.75, 3.05) is 0 Å². The topological polar surface area (TPSA) is 0 Å². The number of allylic oxidation sites excluding steroid dienone is 2. The van der Waals surface area contributed by atoms with Crippen LogP contribution in [-0.2, 0) is 23.0 Å². The van der Waals surface area contributed by atoms with Gasteiger partial charge in [-0.05, 0) is 0 Å². The van der Waals surface area contributed by atoms with Crippen molar-refractivity contribution in [3.63, 3.8) is 0 Å². The Morgan fingerprint density at radius 2 is 0.949 bits per heavy atom. The Morgan fingerprint density at radius 3 is 1.38 bits per heavy atom. The molecule has 0 saturated heterocycles. The van der Waals surface area contributed by atoms with Crippen molar-refractivity contribution in [1.82, 2.24) is 0 Å². The van der Waals surface area contributed by atoms with Gasteiger partial charge in [-0.15, -0.1) is 0 Å². The molecule has 0 nitrogen and oxygen atoms in total. The number of rotatable bonds is 4. The van der Waals surface area contributed by atoms with Crippen molar-refractivity contribution in [2.24, 2.45) is 0 Å². The molecule has 0 amide bonds. The molecule has 2 atom stereocenters. The summed E-state index contributed by atoms with van der Waals surface area (Å²) < 4.78 is 2.38. The van der Waals surface area contributed by atoms with Crippen LogP contribution in [0, 0.1) is 0 Å². The van der Waals surface area contributed by atoms with Crippen LogP contribution in [0.2, 0.25) is 0 Å². The smallest absolute Gasteiger partial charge is 1.00 e. The molecule has 0 radical (unpaired) electrons. The molecule has 5 aromatic rings. The van der Waals surface area contributed by atoms with Gasteiger partial charge in [-0.3, -0.25) is 0 Å². The van der Waals surface area contributed by atoms with Crippen LogP contribution >= 0.6 is 0 Å². The summed E-state index contributed by atoms with van der Waals surface area (Å²) in [6.07, 6.45) is 5.01. The van der Waals surface area contributed by atoms with E-state index < -0.39 is 18.9 Å². The average Bonchev–Trinajstić information content (AvgIpc) is 3.40. The van der Waals surface area contributed by atoms with Crippen LogP contribution in [0.1, 0.15) is 48.9 Å². The average molecular weight is 642 g/mol. The van der Waals surface area contributed by atoms with E-state index in [-0.39, 0.29) is 24.8 Å². The zero-order valence-corrected chi connectivity index (χ0v) is 27.7. The number of benzene rings is 5. The number of hydrogen-bond donors (Lipinski definition) is 0. The first-order valence-corrected chi connectivity index (χ1v) is 23.8. The Hall–Kier alpha value is -2.22. The molecule has 4 heteroatoms. The normalized spacial score (nSPS) is 18.0. The van der Waals surface area contributed by atoms with Crippen molar-refractivity contribution in [3.8, 4) is 0 Å². The van der Waals surface area contributed by atoms with Gasteiger partial charge >= 0.3 is 227 Å². The van der Waals surface area contributed by atoms with E-state index >= 15 is 0 Å². The van der Waals surface area contributed by atoms with Gasteiger partial charge in [0.05, 0.1) is 0 Å². The van der Waals surface area contributed by atoms with Crippen molar-refractivity contribution < 1.29 is 43.7 Å². The molecule has 0 spiro atoms. The van der Waals surface area contributed by atoms with Gasteiger partial charge in [0.25, 0.3) is 0 Å². The zero-order chi connectivity index (χ0) is 25.1. The van der Waals surface area contributed by atoms with E-state index in [4.69, 9.17) is 0 Å². The second-order valence-electron chi connectivity index (χ2n) is 11.2. The fourth-order valence-electron chi connectivity index (χ4n) is 7.32. The second-order valence-corrected chi connectivity index (χ2v) is 28.8. The van der Waals surface area contributed by atoms with E-state index in [0.29, 0.717) is 7.25 Å². The molecule has 7 rings (SSSR count). The Labute approximate surface area is 249 Å². The summed E-state index contributed by atoms with van der Waals surface area (Å²) in [5.74, 6) is 0. The predicted octanol–water partition coefficient (Wildman–Crippen LogP) is 2.52. The van der Waals surface area contributed by atoms with E-state index in [1.807, 2.05) is 0 Å². The molecule has 2 aliphatic rings. The Morgan fingerprint density at radius 1 is 0.564 bits per heavy atom. The van der Waals surface area contributed by atoms with Crippen LogP contribution in [0.3, 0.4) is 0 Å². The Balaban J connectivity index is 0.00000154. The summed E-state index contributed by atoms with van der Waals surface area (Å²) in [7, 11) is 0.